The third-order valence-electron chi connectivity index (χ3n) is 3.24. The van der Waals surface area contributed by atoms with E-state index < -0.39 is 0 Å². The molecule has 1 aromatic carbocycles. The predicted molar refractivity (Wildman–Crippen MR) is 87.9 cm³/mol. The number of hydrogen-bond donors (Lipinski definition) is 2. The van der Waals surface area contributed by atoms with Crippen LogP contribution in [0, 0.1) is 0 Å². The Morgan fingerprint density at radius 2 is 1.86 bits per heavy atom. The van der Waals surface area contributed by atoms with Crippen LogP contribution in [0.1, 0.15) is 31.5 Å². The summed E-state index contributed by atoms with van der Waals surface area (Å²) in [5, 5.41) is 7.56. The molecule has 3 rings (SSSR count). The van der Waals surface area contributed by atoms with Gasteiger partial charge in [0.25, 0.3) is 0 Å². The molecule has 0 radical (unpaired) electrons. The number of halogens is 2. The highest BCUT2D eigenvalue weighted by molar-refractivity contribution is 6.42. The van der Waals surface area contributed by atoms with Gasteiger partial charge in [-0.15, -0.1) is 0 Å². The lowest BCUT2D eigenvalue weighted by Gasteiger charge is -2.11. The van der Waals surface area contributed by atoms with Gasteiger partial charge in [-0.3, -0.25) is 0 Å². The molecule has 2 aromatic rings. The summed E-state index contributed by atoms with van der Waals surface area (Å²) in [5.74, 6) is 3.01. The normalized spacial score (nSPS) is 14.0. The molecule has 0 amide bonds. The van der Waals surface area contributed by atoms with Crippen molar-refractivity contribution in [2.45, 2.75) is 25.7 Å². The van der Waals surface area contributed by atoms with Crippen molar-refractivity contribution in [1.29, 1.82) is 0 Å². The summed E-state index contributed by atoms with van der Waals surface area (Å²) in [6, 6.07) is 7.33. The second-order valence-electron chi connectivity index (χ2n) is 5.06. The summed E-state index contributed by atoms with van der Waals surface area (Å²) in [4.78, 5) is 9.14. The molecule has 21 heavy (non-hydrogen) atoms. The molecule has 0 spiro atoms. The van der Waals surface area contributed by atoms with E-state index in [-0.39, 0.29) is 0 Å². The number of hydrogen-bond acceptors (Lipinski definition) is 4. The molecule has 0 unspecified atom stereocenters. The number of nitrogens with one attached hydrogen (secondary N) is 2. The highest BCUT2D eigenvalue weighted by Crippen LogP contribution is 2.39. The summed E-state index contributed by atoms with van der Waals surface area (Å²) < 4.78 is 0. The molecule has 0 atom stereocenters. The van der Waals surface area contributed by atoms with Crippen molar-refractivity contribution in [1.82, 2.24) is 9.97 Å². The van der Waals surface area contributed by atoms with Crippen molar-refractivity contribution in [3.8, 4) is 0 Å². The standard InChI is InChI=1S/C15H16Cl2N4/c1-2-18-13-8-14(21-15(20-13)9-3-4-9)19-10-5-6-11(16)12(17)7-10/h5-9H,2-4H2,1H3,(H2,18,19,20,21). The van der Waals surface area contributed by atoms with Gasteiger partial charge in [0.15, 0.2) is 0 Å². The minimum absolute atomic E-state index is 0.498. The number of rotatable bonds is 5. The molecule has 1 aromatic heterocycles. The molecule has 1 heterocycles. The van der Waals surface area contributed by atoms with Gasteiger partial charge in [-0.2, -0.15) is 0 Å². The van der Waals surface area contributed by atoms with Crippen molar-refractivity contribution in [3.05, 3.63) is 40.1 Å². The first kappa shape index (κ1) is 14.4. The van der Waals surface area contributed by atoms with Crippen LogP contribution < -0.4 is 10.6 Å². The highest BCUT2D eigenvalue weighted by Gasteiger charge is 2.27. The molecule has 2 N–H and O–H groups in total. The van der Waals surface area contributed by atoms with E-state index >= 15 is 0 Å². The molecule has 4 nitrogen and oxygen atoms in total. The van der Waals surface area contributed by atoms with E-state index in [4.69, 9.17) is 23.2 Å². The summed E-state index contributed by atoms with van der Waals surface area (Å²) >= 11 is 12.0. The van der Waals surface area contributed by atoms with E-state index in [9.17, 15) is 0 Å². The molecular formula is C15H16Cl2N4. The van der Waals surface area contributed by atoms with Gasteiger partial charge in [0, 0.05) is 24.2 Å². The van der Waals surface area contributed by atoms with Crippen LogP contribution in [0.3, 0.4) is 0 Å². The van der Waals surface area contributed by atoms with Crippen LogP contribution in [0.4, 0.5) is 17.3 Å². The molecule has 6 heteroatoms. The zero-order chi connectivity index (χ0) is 14.8. The first-order valence-electron chi connectivity index (χ1n) is 7.00. The summed E-state index contributed by atoms with van der Waals surface area (Å²) in [7, 11) is 0. The second kappa shape index (κ2) is 6.08. The Morgan fingerprint density at radius 3 is 2.52 bits per heavy atom. The van der Waals surface area contributed by atoms with Crippen LogP contribution in [0.2, 0.25) is 10.0 Å². The molecular weight excluding hydrogens is 307 g/mol. The van der Waals surface area contributed by atoms with Crippen LogP contribution in [-0.4, -0.2) is 16.5 Å². The van der Waals surface area contributed by atoms with Gasteiger partial charge in [0.2, 0.25) is 0 Å². The Hall–Kier alpha value is -1.52. The van der Waals surface area contributed by atoms with Crippen LogP contribution in [0.15, 0.2) is 24.3 Å². The molecule has 0 aliphatic heterocycles. The fraction of sp³-hybridized carbons (Fsp3) is 0.333. The van der Waals surface area contributed by atoms with Gasteiger partial charge in [-0.25, -0.2) is 9.97 Å². The molecule has 1 saturated carbocycles. The first-order chi connectivity index (χ1) is 10.2. The molecule has 1 aliphatic rings. The Bertz CT molecular complexity index is 656. The summed E-state index contributed by atoms with van der Waals surface area (Å²) in [6.07, 6.45) is 2.34. The molecule has 1 fully saturated rings. The predicted octanol–water partition coefficient (Wildman–Crippen LogP) is 4.84. The Balaban J connectivity index is 1.87. The van der Waals surface area contributed by atoms with E-state index in [1.807, 2.05) is 19.1 Å². The lowest BCUT2D eigenvalue weighted by atomic mass is 10.3. The quantitative estimate of drug-likeness (QED) is 0.827. The van der Waals surface area contributed by atoms with Crippen molar-refractivity contribution in [2.75, 3.05) is 17.2 Å². The Morgan fingerprint density at radius 1 is 1.10 bits per heavy atom. The van der Waals surface area contributed by atoms with Gasteiger partial charge in [-0.05, 0) is 38.0 Å². The number of benzene rings is 1. The van der Waals surface area contributed by atoms with E-state index in [1.165, 1.54) is 12.8 Å². The van der Waals surface area contributed by atoms with Crippen molar-refractivity contribution < 1.29 is 0 Å². The van der Waals surface area contributed by atoms with E-state index in [2.05, 4.69) is 20.6 Å². The molecule has 0 bridgehead atoms. The fourth-order valence-electron chi connectivity index (χ4n) is 2.05. The minimum Gasteiger partial charge on any atom is -0.370 e. The van der Waals surface area contributed by atoms with Crippen LogP contribution >= 0.6 is 23.2 Å². The zero-order valence-corrected chi connectivity index (χ0v) is 13.2. The zero-order valence-electron chi connectivity index (χ0n) is 11.7. The largest absolute Gasteiger partial charge is 0.370 e. The summed E-state index contributed by atoms with van der Waals surface area (Å²) in [6.45, 7) is 2.87. The van der Waals surface area contributed by atoms with Gasteiger partial charge >= 0.3 is 0 Å². The number of nitrogens with zero attached hydrogens (tertiary/aromatic N) is 2. The number of aromatic nitrogens is 2. The van der Waals surface area contributed by atoms with Gasteiger partial charge < -0.3 is 10.6 Å². The maximum absolute atomic E-state index is 6.04. The Kier molecular flexibility index (Phi) is 4.17. The third-order valence-corrected chi connectivity index (χ3v) is 3.97. The first-order valence-corrected chi connectivity index (χ1v) is 7.76. The van der Waals surface area contributed by atoms with Crippen LogP contribution in [0.5, 0.6) is 0 Å². The SMILES string of the molecule is CCNc1cc(Nc2ccc(Cl)c(Cl)c2)nc(C2CC2)n1. The minimum atomic E-state index is 0.498. The smallest absolute Gasteiger partial charge is 0.136 e. The van der Waals surface area contributed by atoms with Gasteiger partial charge in [0.1, 0.15) is 17.5 Å². The second-order valence-corrected chi connectivity index (χ2v) is 5.87. The van der Waals surface area contributed by atoms with E-state index in [1.54, 1.807) is 12.1 Å². The maximum Gasteiger partial charge on any atom is 0.136 e. The van der Waals surface area contributed by atoms with Crippen molar-refractivity contribution >= 4 is 40.5 Å². The van der Waals surface area contributed by atoms with Crippen molar-refractivity contribution in [2.24, 2.45) is 0 Å². The lowest BCUT2D eigenvalue weighted by Crippen LogP contribution is -2.05. The molecule has 110 valence electrons. The fourth-order valence-corrected chi connectivity index (χ4v) is 2.35. The third kappa shape index (κ3) is 3.57. The maximum atomic E-state index is 6.04. The lowest BCUT2D eigenvalue weighted by molar-refractivity contribution is 0.927. The topological polar surface area (TPSA) is 49.8 Å². The highest BCUT2D eigenvalue weighted by atomic mass is 35.5. The van der Waals surface area contributed by atoms with Gasteiger partial charge in [-0.1, -0.05) is 23.2 Å². The number of anilines is 3. The van der Waals surface area contributed by atoms with E-state index in [0.717, 1.165) is 29.7 Å². The van der Waals surface area contributed by atoms with Crippen LogP contribution in [0.25, 0.3) is 0 Å². The van der Waals surface area contributed by atoms with Gasteiger partial charge in [0.05, 0.1) is 10.0 Å². The molecule has 0 saturated heterocycles. The molecule has 1 aliphatic carbocycles. The van der Waals surface area contributed by atoms with Crippen molar-refractivity contribution in [3.63, 3.8) is 0 Å². The average molecular weight is 323 g/mol. The Labute approximate surface area is 133 Å². The average Bonchev–Trinajstić information content (AvgIpc) is 3.28. The van der Waals surface area contributed by atoms with E-state index in [0.29, 0.717) is 16.0 Å². The summed E-state index contributed by atoms with van der Waals surface area (Å²) in [5.41, 5.74) is 0.854. The monoisotopic (exact) mass is 322 g/mol. The van der Waals surface area contributed by atoms with Crippen LogP contribution in [-0.2, 0) is 0 Å².